The molecule has 0 aliphatic carbocycles. The first-order valence-corrected chi connectivity index (χ1v) is 19.9. The van der Waals surface area contributed by atoms with Crippen LogP contribution < -0.4 is 16.0 Å². The number of ether oxygens (including phenoxy) is 2. The number of carboxylic acids is 2. The summed E-state index contributed by atoms with van der Waals surface area (Å²) < 4.78 is 10.7. The van der Waals surface area contributed by atoms with Gasteiger partial charge >= 0.3 is 11.9 Å². The van der Waals surface area contributed by atoms with Crippen molar-refractivity contribution in [3.05, 3.63) is 84.2 Å². The van der Waals surface area contributed by atoms with Gasteiger partial charge in [-0.2, -0.15) is 0 Å². The van der Waals surface area contributed by atoms with Crippen molar-refractivity contribution in [3.63, 3.8) is 0 Å². The molecule has 2 saturated heterocycles. The summed E-state index contributed by atoms with van der Waals surface area (Å²) in [5.74, 6) is -2.63. The summed E-state index contributed by atoms with van der Waals surface area (Å²) in [5.41, 5.74) is 2.02. The average molecular weight is 817 g/mol. The smallest absolute Gasteiger partial charge is 0.320 e. The maximum Gasteiger partial charge on any atom is 0.320 e. The van der Waals surface area contributed by atoms with Gasteiger partial charge in [0.2, 0.25) is 0 Å². The van der Waals surface area contributed by atoms with Gasteiger partial charge in [0.05, 0.1) is 15.7 Å². The van der Waals surface area contributed by atoms with Crippen LogP contribution in [0.1, 0.15) is 60.6 Å². The van der Waals surface area contributed by atoms with Crippen molar-refractivity contribution in [3.8, 4) is 11.1 Å². The van der Waals surface area contributed by atoms with Gasteiger partial charge in [-0.25, -0.2) is 9.97 Å². The number of benzene rings is 2. The number of nitrogens with one attached hydrogen (secondary N) is 3. The quantitative estimate of drug-likeness (QED) is 0.0809. The molecule has 2 aliphatic heterocycles. The number of carbonyl (C=O) groups excluding carboxylic acids is 2. The number of nitrogens with zero attached hydrogens (tertiary/aromatic N) is 2. The second-order valence-corrected chi connectivity index (χ2v) is 16.0. The van der Waals surface area contributed by atoms with E-state index in [9.17, 15) is 29.4 Å². The van der Waals surface area contributed by atoms with Crippen molar-refractivity contribution < 1.29 is 38.9 Å². The number of hydrogen-bond acceptors (Lipinski definition) is 12. The van der Waals surface area contributed by atoms with E-state index >= 15 is 0 Å². The van der Waals surface area contributed by atoms with Crippen LogP contribution in [0.3, 0.4) is 0 Å². The van der Waals surface area contributed by atoms with Crippen LogP contribution in [-0.2, 0) is 38.6 Å². The molecule has 2 fully saturated rings. The van der Waals surface area contributed by atoms with Gasteiger partial charge in [-0.3, -0.25) is 29.8 Å². The van der Waals surface area contributed by atoms with Crippen molar-refractivity contribution in [2.75, 3.05) is 31.7 Å². The Hall–Kier alpha value is -3.80. The molecule has 13 nitrogen and oxygen atoms in total. The van der Waals surface area contributed by atoms with Crippen LogP contribution in [0.4, 0.5) is 5.69 Å². The predicted molar refractivity (Wildman–Crippen MR) is 206 cm³/mol. The number of carbonyl (C=O) groups is 4. The van der Waals surface area contributed by atoms with E-state index in [1.165, 1.54) is 11.3 Å². The van der Waals surface area contributed by atoms with Crippen LogP contribution >= 0.6 is 45.9 Å². The molecule has 2 aromatic carbocycles. The number of aliphatic carboxylic acids is 2. The molecule has 0 unspecified atom stereocenters. The Morgan fingerprint density at radius 1 is 0.741 bits per heavy atom. The number of Topliss-reactive ketones (excluding diaryl/α,β-unsaturated/α-hetero) is 1. The third-order valence-corrected chi connectivity index (χ3v) is 12.4. The van der Waals surface area contributed by atoms with Gasteiger partial charge in [-0.05, 0) is 49.1 Å². The standard InChI is InChI=1S/C37H39Cl2N5O8S2/c38-29-22(15-28(45)34-42-18-23(53-34)16-40-31(36(47)48)20-7-11-51-12-8-20)3-1-4-25(29)26-5-2-6-27(30(26)39)44-33(46)35-43-19-24(54-35)17-41-32(37(49)50)21-9-13-52-14-10-21/h1-6,18-21,31-32,40-41H,7-17H2,(H,44,46)(H,47,48)(H,49,50)/t31-,32-/m0/s1. The fraction of sp³-hybridized carbons (Fsp3) is 0.405. The summed E-state index contributed by atoms with van der Waals surface area (Å²) >= 11 is 16.1. The van der Waals surface area contributed by atoms with Crippen molar-refractivity contribution >= 4 is 75.2 Å². The number of amides is 1. The predicted octanol–water partition coefficient (Wildman–Crippen LogP) is 6.19. The number of carboxylic acid groups (broad SMARTS) is 2. The van der Waals surface area contributed by atoms with Crippen LogP contribution in [0.5, 0.6) is 0 Å². The Labute approximate surface area is 329 Å². The van der Waals surface area contributed by atoms with Crippen LogP contribution in [-0.4, -0.2) is 82.3 Å². The molecule has 2 aliphatic rings. The first-order valence-electron chi connectivity index (χ1n) is 17.5. The van der Waals surface area contributed by atoms with Gasteiger partial charge in [0.15, 0.2) is 15.8 Å². The minimum absolute atomic E-state index is 0.0234. The number of rotatable bonds is 16. The lowest BCUT2D eigenvalue weighted by atomic mass is 9.92. The van der Waals surface area contributed by atoms with Crippen LogP contribution in [0.2, 0.25) is 10.0 Å². The molecule has 286 valence electrons. The van der Waals surface area contributed by atoms with Gasteiger partial charge in [0, 0.05) is 79.2 Å². The van der Waals surface area contributed by atoms with Gasteiger partial charge in [0.25, 0.3) is 5.91 Å². The van der Waals surface area contributed by atoms with Gasteiger partial charge < -0.3 is 25.0 Å². The molecule has 54 heavy (non-hydrogen) atoms. The second kappa shape index (κ2) is 18.7. The second-order valence-electron chi connectivity index (χ2n) is 13.1. The fourth-order valence-electron chi connectivity index (χ4n) is 6.63. The van der Waals surface area contributed by atoms with Crippen LogP contribution in [0.25, 0.3) is 11.1 Å². The number of thiazole rings is 2. The normalized spacial score (nSPS) is 16.5. The molecule has 0 radical (unpaired) electrons. The van der Waals surface area contributed by atoms with E-state index in [2.05, 4.69) is 25.9 Å². The average Bonchev–Trinajstić information content (AvgIpc) is 3.85. The number of anilines is 1. The summed E-state index contributed by atoms with van der Waals surface area (Å²) in [6, 6.07) is 9.00. The maximum atomic E-state index is 13.3. The Bertz CT molecular complexity index is 1840. The maximum absolute atomic E-state index is 13.3. The Morgan fingerprint density at radius 3 is 1.80 bits per heavy atom. The van der Waals surface area contributed by atoms with E-state index < -0.39 is 29.9 Å². The van der Waals surface area contributed by atoms with Crippen molar-refractivity contribution in [2.24, 2.45) is 11.8 Å². The molecule has 5 N–H and O–H groups in total. The minimum atomic E-state index is -0.923. The fourth-order valence-corrected chi connectivity index (χ4v) is 8.76. The lowest BCUT2D eigenvalue weighted by Crippen LogP contribution is -2.44. The van der Waals surface area contributed by atoms with E-state index in [1.54, 1.807) is 48.8 Å². The van der Waals surface area contributed by atoms with Gasteiger partial charge in [-0.1, -0.05) is 53.5 Å². The summed E-state index contributed by atoms with van der Waals surface area (Å²) in [6.45, 7) is 2.66. The zero-order chi connectivity index (χ0) is 38.2. The lowest BCUT2D eigenvalue weighted by Gasteiger charge is -2.28. The topological polar surface area (TPSA) is 189 Å². The summed E-state index contributed by atoms with van der Waals surface area (Å²) in [5, 5.41) is 29.6. The molecular formula is C37H39Cl2N5O8S2. The third kappa shape index (κ3) is 9.89. The molecule has 0 saturated carbocycles. The van der Waals surface area contributed by atoms with E-state index in [1.807, 2.05) is 0 Å². The van der Waals surface area contributed by atoms with E-state index in [-0.39, 0.29) is 52.2 Å². The molecular weight excluding hydrogens is 777 g/mol. The first kappa shape index (κ1) is 39.9. The zero-order valence-corrected chi connectivity index (χ0v) is 32.2. The lowest BCUT2D eigenvalue weighted by molar-refractivity contribution is -0.143. The molecule has 4 heterocycles. The molecule has 4 aromatic rings. The third-order valence-electron chi connectivity index (χ3n) is 9.51. The van der Waals surface area contributed by atoms with E-state index in [0.29, 0.717) is 84.4 Å². The molecule has 0 bridgehead atoms. The molecule has 2 atom stereocenters. The Kier molecular flexibility index (Phi) is 13.8. The monoisotopic (exact) mass is 815 g/mol. The molecule has 1 amide bonds. The van der Waals surface area contributed by atoms with Crippen molar-refractivity contribution in [2.45, 2.75) is 57.3 Å². The van der Waals surface area contributed by atoms with Crippen molar-refractivity contribution in [1.82, 2.24) is 20.6 Å². The molecule has 17 heteroatoms. The SMILES string of the molecule is O=C(Cc1cccc(-c2cccc(NC(=O)c3ncc(CN[C@H](C(=O)O)C4CCOCC4)s3)c2Cl)c1Cl)c1ncc(CN[C@H](C(=O)O)C2CCOCC2)s1. The summed E-state index contributed by atoms with van der Waals surface area (Å²) in [6.07, 6.45) is 5.77. The number of hydrogen-bond donors (Lipinski definition) is 5. The Morgan fingerprint density at radius 2 is 1.24 bits per heavy atom. The summed E-state index contributed by atoms with van der Waals surface area (Å²) in [7, 11) is 0. The van der Waals surface area contributed by atoms with Gasteiger partial charge in [-0.15, -0.1) is 22.7 Å². The van der Waals surface area contributed by atoms with E-state index in [0.717, 1.165) is 16.2 Å². The van der Waals surface area contributed by atoms with Crippen LogP contribution in [0.15, 0.2) is 48.8 Å². The minimum Gasteiger partial charge on any atom is -0.480 e. The molecule has 2 aromatic heterocycles. The highest BCUT2D eigenvalue weighted by atomic mass is 35.5. The first-order chi connectivity index (χ1) is 26.1. The number of aromatic nitrogens is 2. The molecule has 0 spiro atoms. The number of ketones is 1. The highest BCUT2D eigenvalue weighted by Gasteiger charge is 2.31. The van der Waals surface area contributed by atoms with Gasteiger partial charge in [0.1, 0.15) is 12.1 Å². The highest BCUT2D eigenvalue weighted by Crippen LogP contribution is 2.39. The van der Waals surface area contributed by atoms with E-state index in [4.69, 9.17) is 32.7 Å². The molecule has 6 rings (SSSR count). The zero-order valence-electron chi connectivity index (χ0n) is 29.0. The summed E-state index contributed by atoms with van der Waals surface area (Å²) in [4.78, 5) is 60.4. The van der Waals surface area contributed by atoms with Crippen molar-refractivity contribution in [1.29, 1.82) is 0 Å². The number of halogens is 2. The highest BCUT2D eigenvalue weighted by molar-refractivity contribution is 7.14. The largest absolute Gasteiger partial charge is 0.480 e. The Balaban J connectivity index is 1.08. The van der Waals surface area contributed by atoms with Crippen LogP contribution in [0, 0.1) is 11.8 Å².